The van der Waals surface area contributed by atoms with Crippen LogP contribution in [0.5, 0.6) is 0 Å². The standard InChI is InChI=1S/C73H138O17P2/c1-6-9-12-15-18-21-23-24-27-31-34-38-42-47-52-57-71(76)84-63-69(90-73(78)59-54-49-44-39-35-32-29-26-25-28-30-33-36-40-45-50-55-66(4)5)65-88-92(81,82)86-61-67(74)60-85-91(79,80)87-64-68(62-83-70(75)56-51-46-41-20-17-14-11-8-3)89-72(77)58-53-48-43-37-22-19-16-13-10-7-2/h21,23-24,27,66-69,74H,6-20,22,25-26,28-65H2,1-5H3,(H,79,80)(H,81,82)/b23-21-,27-24-/t67-,68+,69+/m0/s1. The number of aliphatic hydroxyl groups excluding tert-OH is 1. The lowest BCUT2D eigenvalue weighted by atomic mass is 10.0. The number of carbonyl (C=O) groups excluding carboxylic acids is 4. The second kappa shape index (κ2) is 65.8. The molecular formula is C73H138O17P2. The molecule has 3 N–H and O–H groups in total. The van der Waals surface area contributed by atoms with Crippen molar-refractivity contribution in [3.8, 4) is 0 Å². The Labute approximate surface area is 561 Å². The van der Waals surface area contributed by atoms with Gasteiger partial charge in [0.15, 0.2) is 12.2 Å². The van der Waals surface area contributed by atoms with Gasteiger partial charge in [-0.15, -0.1) is 0 Å². The quantitative estimate of drug-likeness (QED) is 0.0169. The van der Waals surface area contributed by atoms with Gasteiger partial charge >= 0.3 is 39.5 Å². The number of rotatable bonds is 71. The number of hydrogen-bond acceptors (Lipinski definition) is 15. The molecule has 19 heteroatoms. The highest BCUT2D eigenvalue weighted by Crippen LogP contribution is 2.45. The second-order valence-corrected chi connectivity index (χ2v) is 29.0. The lowest BCUT2D eigenvalue weighted by molar-refractivity contribution is -0.161. The van der Waals surface area contributed by atoms with E-state index in [-0.39, 0.29) is 25.7 Å². The van der Waals surface area contributed by atoms with Crippen LogP contribution in [0.2, 0.25) is 0 Å². The summed E-state index contributed by atoms with van der Waals surface area (Å²) in [5, 5.41) is 10.6. The van der Waals surface area contributed by atoms with E-state index in [4.69, 9.17) is 37.0 Å². The molecule has 0 spiro atoms. The minimum Gasteiger partial charge on any atom is -0.462 e. The lowest BCUT2D eigenvalue weighted by Crippen LogP contribution is -2.30. The van der Waals surface area contributed by atoms with Crippen LogP contribution in [0.3, 0.4) is 0 Å². The zero-order chi connectivity index (χ0) is 67.7. The van der Waals surface area contributed by atoms with Gasteiger partial charge in [-0.3, -0.25) is 37.3 Å². The van der Waals surface area contributed by atoms with Crippen molar-refractivity contribution < 1.29 is 80.2 Å². The number of unbranched alkanes of at least 4 members (excludes halogenated alkanes) is 40. The van der Waals surface area contributed by atoms with Gasteiger partial charge < -0.3 is 33.8 Å². The van der Waals surface area contributed by atoms with Crippen molar-refractivity contribution in [3.63, 3.8) is 0 Å². The Morgan fingerprint density at radius 2 is 0.587 bits per heavy atom. The van der Waals surface area contributed by atoms with Crippen LogP contribution in [-0.2, 0) is 65.4 Å². The lowest BCUT2D eigenvalue weighted by Gasteiger charge is -2.21. The third-order valence-corrected chi connectivity index (χ3v) is 18.3. The van der Waals surface area contributed by atoms with Crippen LogP contribution in [-0.4, -0.2) is 96.7 Å². The Morgan fingerprint density at radius 3 is 0.891 bits per heavy atom. The van der Waals surface area contributed by atoms with E-state index in [1.807, 2.05) is 0 Å². The van der Waals surface area contributed by atoms with Crippen molar-refractivity contribution in [2.75, 3.05) is 39.6 Å². The Morgan fingerprint density at radius 1 is 0.337 bits per heavy atom. The van der Waals surface area contributed by atoms with Gasteiger partial charge in [-0.2, -0.15) is 0 Å². The summed E-state index contributed by atoms with van der Waals surface area (Å²) in [6, 6.07) is 0. The van der Waals surface area contributed by atoms with Crippen molar-refractivity contribution in [1.82, 2.24) is 0 Å². The molecule has 5 atom stereocenters. The summed E-state index contributed by atoms with van der Waals surface area (Å²) in [4.78, 5) is 72.5. The molecule has 0 heterocycles. The van der Waals surface area contributed by atoms with Crippen LogP contribution in [0, 0.1) is 5.92 Å². The molecular weight excluding hydrogens is 1210 g/mol. The number of ether oxygens (including phenoxy) is 4. The molecule has 0 bridgehead atoms. The number of allylic oxidation sites excluding steroid dienone is 4. The molecule has 0 saturated heterocycles. The molecule has 0 aliphatic heterocycles. The Bertz CT molecular complexity index is 1860. The van der Waals surface area contributed by atoms with E-state index in [0.717, 1.165) is 121 Å². The third-order valence-electron chi connectivity index (χ3n) is 16.4. The van der Waals surface area contributed by atoms with E-state index >= 15 is 0 Å². The summed E-state index contributed by atoms with van der Waals surface area (Å²) in [5.74, 6) is -1.34. The number of phosphoric ester groups is 2. The summed E-state index contributed by atoms with van der Waals surface area (Å²) in [6.45, 7) is 7.19. The zero-order valence-corrected chi connectivity index (χ0v) is 61.0. The average molecular weight is 1350 g/mol. The van der Waals surface area contributed by atoms with Crippen LogP contribution in [0.4, 0.5) is 0 Å². The first-order chi connectivity index (χ1) is 44.5. The van der Waals surface area contributed by atoms with Crippen molar-refractivity contribution in [2.45, 2.75) is 374 Å². The number of hydrogen-bond donors (Lipinski definition) is 3. The van der Waals surface area contributed by atoms with Crippen LogP contribution < -0.4 is 0 Å². The van der Waals surface area contributed by atoms with Crippen LogP contribution in [0.25, 0.3) is 0 Å². The van der Waals surface area contributed by atoms with Crippen molar-refractivity contribution >= 4 is 39.5 Å². The smallest absolute Gasteiger partial charge is 0.462 e. The molecule has 0 aliphatic rings. The minimum absolute atomic E-state index is 0.101. The number of aliphatic hydroxyl groups is 1. The fourth-order valence-electron chi connectivity index (χ4n) is 10.6. The molecule has 0 fully saturated rings. The Hall–Kier alpha value is -2.46. The number of esters is 4. The summed E-state index contributed by atoms with van der Waals surface area (Å²) in [6.07, 6.45) is 56.4. The molecule has 0 radical (unpaired) electrons. The van der Waals surface area contributed by atoms with Gasteiger partial charge in [0.1, 0.15) is 19.3 Å². The average Bonchev–Trinajstić information content (AvgIpc) is 3.23. The summed E-state index contributed by atoms with van der Waals surface area (Å²) in [5.41, 5.74) is 0. The molecule has 92 heavy (non-hydrogen) atoms. The first-order valence-corrected chi connectivity index (χ1v) is 40.4. The topological polar surface area (TPSA) is 237 Å². The van der Waals surface area contributed by atoms with Crippen molar-refractivity contribution in [2.24, 2.45) is 5.92 Å². The van der Waals surface area contributed by atoms with E-state index in [0.29, 0.717) is 25.7 Å². The van der Waals surface area contributed by atoms with E-state index in [1.54, 1.807) is 0 Å². The van der Waals surface area contributed by atoms with Gasteiger partial charge in [-0.05, 0) is 57.3 Å². The molecule has 0 aromatic heterocycles. The third kappa shape index (κ3) is 66.2. The predicted molar refractivity (Wildman–Crippen MR) is 372 cm³/mol. The molecule has 0 amide bonds. The predicted octanol–water partition coefficient (Wildman–Crippen LogP) is 20.9. The first kappa shape index (κ1) is 89.5. The van der Waals surface area contributed by atoms with Crippen molar-refractivity contribution in [3.05, 3.63) is 24.3 Å². The summed E-state index contributed by atoms with van der Waals surface area (Å²) in [7, 11) is -9.91. The molecule has 0 aromatic rings. The number of phosphoric acid groups is 2. The Balaban J connectivity index is 5.23. The first-order valence-electron chi connectivity index (χ1n) is 37.5. The minimum atomic E-state index is -4.96. The van der Waals surface area contributed by atoms with E-state index in [9.17, 15) is 43.2 Å². The fourth-order valence-corrected chi connectivity index (χ4v) is 12.2. The summed E-state index contributed by atoms with van der Waals surface area (Å²) < 4.78 is 68.2. The fraction of sp³-hybridized carbons (Fsp3) is 0.890. The molecule has 2 unspecified atom stereocenters. The maximum Gasteiger partial charge on any atom is 0.472 e. The van der Waals surface area contributed by atoms with Gasteiger partial charge in [0, 0.05) is 25.7 Å². The molecule has 0 aromatic carbocycles. The summed E-state index contributed by atoms with van der Waals surface area (Å²) >= 11 is 0. The molecule has 0 rings (SSSR count). The zero-order valence-electron chi connectivity index (χ0n) is 59.2. The van der Waals surface area contributed by atoms with Crippen LogP contribution in [0.1, 0.15) is 356 Å². The van der Waals surface area contributed by atoms with E-state index in [2.05, 4.69) is 58.9 Å². The number of carbonyl (C=O) groups is 4. The SMILES string of the molecule is CCCCCC/C=C\C=C/CCCCCCCC(=O)OC[C@H](COP(=O)(O)OC[C@@H](O)COP(=O)(O)OC[C@@H](COC(=O)CCCCCCCCCC)OC(=O)CCCCCCCCCCCC)OC(=O)CCCCCCCCCCCCCCCCCCC(C)C. The van der Waals surface area contributed by atoms with Gasteiger partial charge in [0.2, 0.25) is 0 Å². The maximum absolute atomic E-state index is 13.0. The largest absolute Gasteiger partial charge is 0.472 e. The monoisotopic (exact) mass is 1350 g/mol. The highest BCUT2D eigenvalue weighted by atomic mass is 31.2. The molecule has 0 aliphatic carbocycles. The van der Waals surface area contributed by atoms with Gasteiger partial charge in [-0.25, -0.2) is 9.13 Å². The Kier molecular flexibility index (Phi) is 64.0. The van der Waals surface area contributed by atoms with Gasteiger partial charge in [0.05, 0.1) is 26.4 Å². The van der Waals surface area contributed by atoms with Gasteiger partial charge in [-0.1, -0.05) is 303 Å². The van der Waals surface area contributed by atoms with E-state index < -0.39 is 97.5 Å². The van der Waals surface area contributed by atoms with Gasteiger partial charge in [0.25, 0.3) is 0 Å². The molecule has 0 saturated carbocycles. The maximum atomic E-state index is 13.0. The second-order valence-electron chi connectivity index (χ2n) is 26.1. The van der Waals surface area contributed by atoms with Crippen molar-refractivity contribution in [1.29, 1.82) is 0 Å². The molecule has 17 nitrogen and oxygen atoms in total. The van der Waals surface area contributed by atoms with Crippen LogP contribution in [0.15, 0.2) is 24.3 Å². The molecule has 542 valence electrons. The highest BCUT2D eigenvalue weighted by Gasteiger charge is 2.30. The van der Waals surface area contributed by atoms with Crippen LogP contribution >= 0.6 is 15.6 Å². The normalized spacial score (nSPS) is 14.2. The van der Waals surface area contributed by atoms with E-state index in [1.165, 1.54) is 154 Å². The highest BCUT2D eigenvalue weighted by molar-refractivity contribution is 7.47.